The zero-order valence-electron chi connectivity index (χ0n) is 21.0. The average Bonchev–Trinajstić information content (AvgIpc) is 3.20. The number of hydrogen-bond acceptors (Lipinski definition) is 7. The van der Waals surface area contributed by atoms with Crippen molar-refractivity contribution >= 4 is 46.3 Å². The highest BCUT2D eigenvalue weighted by Gasteiger charge is 2.34. The van der Waals surface area contributed by atoms with Crippen LogP contribution in [0.15, 0.2) is 36.4 Å². The van der Waals surface area contributed by atoms with Gasteiger partial charge in [-0.25, -0.2) is 4.79 Å². The van der Waals surface area contributed by atoms with E-state index >= 15 is 0 Å². The highest BCUT2D eigenvalue weighted by atomic mass is 32.2. The Morgan fingerprint density at radius 1 is 1.11 bits per heavy atom. The number of nitrogens with zero attached hydrogens (tertiary/aromatic N) is 1. The molecule has 196 valence electrons. The lowest BCUT2D eigenvalue weighted by atomic mass is 9.92. The van der Waals surface area contributed by atoms with Gasteiger partial charge in [0.1, 0.15) is 5.75 Å². The summed E-state index contributed by atoms with van der Waals surface area (Å²) in [7, 11) is 1.56. The molecule has 0 bridgehead atoms. The van der Waals surface area contributed by atoms with Gasteiger partial charge in [0, 0.05) is 12.1 Å². The summed E-state index contributed by atoms with van der Waals surface area (Å²) >= 11 is 0.995. The predicted octanol–water partition coefficient (Wildman–Crippen LogP) is 4.81. The van der Waals surface area contributed by atoms with Gasteiger partial charge in [-0.15, -0.1) is 0 Å². The van der Waals surface area contributed by atoms with Crippen LogP contribution in [0.3, 0.4) is 0 Å². The molecule has 2 aliphatic rings. The fourth-order valence-corrected chi connectivity index (χ4v) is 5.37. The Hall–Kier alpha value is -3.53. The number of thioether (sulfide) groups is 1. The summed E-state index contributed by atoms with van der Waals surface area (Å²) < 4.78 is 10.8. The number of carbonyl (C=O) groups is 4. The van der Waals surface area contributed by atoms with E-state index in [4.69, 9.17) is 9.47 Å². The zero-order valence-corrected chi connectivity index (χ0v) is 21.8. The van der Waals surface area contributed by atoms with Crippen molar-refractivity contribution in [3.05, 3.63) is 53.1 Å². The number of rotatable bonds is 10. The minimum absolute atomic E-state index is 0.0241. The van der Waals surface area contributed by atoms with Crippen LogP contribution in [0, 0.1) is 0 Å². The third kappa shape index (κ3) is 6.43. The molecule has 2 heterocycles. The zero-order chi connectivity index (χ0) is 26.4. The highest BCUT2D eigenvalue weighted by molar-refractivity contribution is 8.15. The number of methoxy groups -OCH3 is 1. The molecule has 9 nitrogen and oxygen atoms in total. The van der Waals surface area contributed by atoms with E-state index < -0.39 is 11.3 Å². The number of carbonyl (C=O) groups excluding carboxylic acids is 4. The van der Waals surface area contributed by atoms with Crippen LogP contribution in [-0.2, 0) is 33.7 Å². The number of unbranched alkanes of at least 4 members (excludes halogenated alkanes) is 2. The maximum absolute atomic E-state index is 13.0. The molecule has 1 saturated heterocycles. The van der Waals surface area contributed by atoms with Gasteiger partial charge in [-0.05, 0) is 54.2 Å². The minimum Gasteiger partial charge on any atom is -0.495 e. The SMILES string of the molecule is CCCCCOC(=O)Nc1ccc(CN2C(=O)CCc3c(CC4SC(=O)NC4=O)ccc(OC)c32)cc1. The summed E-state index contributed by atoms with van der Waals surface area (Å²) in [6.45, 7) is 2.80. The standard InChI is InChI=1S/C27H31N3O6S/c1-3-4-5-14-36-26(33)28-19-9-6-17(7-10-19)16-30-23(31)13-11-20-18(8-12-21(35-2)24(20)30)15-22-25(32)29-27(34)37-22/h6-10,12,22H,3-5,11,13-16H2,1-2H3,(H,28,33)(H,29,32,34). The Kier molecular flexibility index (Phi) is 8.70. The summed E-state index contributed by atoms with van der Waals surface area (Å²) in [5.41, 5.74) is 4.07. The van der Waals surface area contributed by atoms with E-state index in [2.05, 4.69) is 17.6 Å². The second-order valence-corrected chi connectivity index (χ2v) is 10.2. The van der Waals surface area contributed by atoms with Gasteiger partial charge in [0.05, 0.1) is 31.2 Å². The number of fused-ring (bicyclic) bond motifs is 1. The van der Waals surface area contributed by atoms with Gasteiger partial charge in [0.25, 0.3) is 5.24 Å². The topological polar surface area (TPSA) is 114 Å². The Morgan fingerprint density at radius 2 is 1.89 bits per heavy atom. The average molecular weight is 526 g/mol. The molecule has 2 aromatic carbocycles. The molecule has 37 heavy (non-hydrogen) atoms. The fourth-order valence-electron chi connectivity index (χ4n) is 4.52. The Balaban J connectivity index is 1.49. The first-order valence-corrected chi connectivity index (χ1v) is 13.3. The van der Waals surface area contributed by atoms with Crippen LogP contribution >= 0.6 is 11.8 Å². The molecule has 1 unspecified atom stereocenters. The molecule has 0 saturated carbocycles. The molecule has 4 rings (SSSR count). The van der Waals surface area contributed by atoms with Crippen LogP contribution in [0.5, 0.6) is 5.75 Å². The van der Waals surface area contributed by atoms with Crippen molar-refractivity contribution in [1.82, 2.24) is 5.32 Å². The predicted molar refractivity (Wildman–Crippen MR) is 142 cm³/mol. The van der Waals surface area contributed by atoms with E-state index in [9.17, 15) is 19.2 Å². The van der Waals surface area contributed by atoms with Crippen molar-refractivity contribution < 1.29 is 28.7 Å². The molecule has 2 N–H and O–H groups in total. The maximum Gasteiger partial charge on any atom is 0.411 e. The van der Waals surface area contributed by atoms with Crippen LogP contribution in [0.2, 0.25) is 0 Å². The fraction of sp³-hybridized carbons (Fsp3) is 0.407. The minimum atomic E-state index is -0.491. The third-order valence-corrected chi connectivity index (χ3v) is 7.40. The Bertz CT molecular complexity index is 1180. The number of hydrogen-bond donors (Lipinski definition) is 2. The molecule has 0 aromatic heterocycles. The summed E-state index contributed by atoms with van der Waals surface area (Å²) in [5, 5.41) is 4.22. The number of amides is 4. The monoisotopic (exact) mass is 525 g/mol. The second-order valence-electron chi connectivity index (χ2n) is 8.99. The summed E-state index contributed by atoms with van der Waals surface area (Å²) in [4.78, 5) is 50.5. The number of benzene rings is 2. The first-order valence-electron chi connectivity index (χ1n) is 12.4. The van der Waals surface area contributed by atoms with Crippen molar-refractivity contribution in [3.63, 3.8) is 0 Å². The third-order valence-electron chi connectivity index (χ3n) is 6.42. The van der Waals surface area contributed by atoms with Gasteiger partial charge >= 0.3 is 6.09 Å². The number of anilines is 2. The van der Waals surface area contributed by atoms with Gasteiger partial charge in [0.2, 0.25) is 11.8 Å². The van der Waals surface area contributed by atoms with E-state index in [0.717, 1.165) is 47.7 Å². The smallest absolute Gasteiger partial charge is 0.411 e. The molecule has 0 aliphatic carbocycles. The molecule has 10 heteroatoms. The maximum atomic E-state index is 13.0. The van der Waals surface area contributed by atoms with E-state index in [-0.39, 0.29) is 17.1 Å². The van der Waals surface area contributed by atoms with Crippen molar-refractivity contribution in [1.29, 1.82) is 0 Å². The van der Waals surface area contributed by atoms with Gasteiger partial charge in [-0.3, -0.25) is 25.0 Å². The normalized spacial score (nSPS) is 16.9. The van der Waals surface area contributed by atoms with E-state index in [1.807, 2.05) is 18.2 Å². The molecule has 2 aliphatic heterocycles. The van der Waals surface area contributed by atoms with Gasteiger partial charge < -0.3 is 14.4 Å². The first-order chi connectivity index (χ1) is 17.9. The molecule has 0 spiro atoms. The van der Waals surface area contributed by atoms with Crippen molar-refractivity contribution in [2.45, 2.75) is 57.2 Å². The van der Waals surface area contributed by atoms with Gasteiger partial charge in [-0.2, -0.15) is 0 Å². The number of imide groups is 1. The summed E-state index contributed by atoms with van der Waals surface area (Å²) in [5.74, 6) is 0.265. The highest BCUT2D eigenvalue weighted by Crippen LogP contribution is 2.41. The van der Waals surface area contributed by atoms with Crippen LogP contribution in [0.1, 0.15) is 49.3 Å². The quantitative estimate of drug-likeness (QED) is 0.428. The Labute approximate surface area is 220 Å². The van der Waals surface area contributed by atoms with Crippen molar-refractivity contribution in [2.75, 3.05) is 23.9 Å². The molecule has 4 amide bonds. The van der Waals surface area contributed by atoms with Crippen LogP contribution in [0.25, 0.3) is 0 Å². The molecule has 2 aromatic rings. The lowest BCUT2D eigenvalue weighted by Gasteiger charge is -2.32. The molecule has 1 atom stereocenters. The molecular formula is C27H31N3O6S. The lowest BCUT2D eigenvalue weighted by molar-refractivity contribution is -0.119. The molecule has 0 radical (unpaired) electrons. The number of ether oxygens (including phenoxy) is 2. The molecule has 1 fully saturated rings. The second kappa shape index (κ2) is 12.1. The van der Waals surface area contributed by atoms with Crippen molar-refractivity contribution in [2.24, 2.45) is 0 Å². The largest absolute Gasteiger partial charge is 0.495 e. The van der Waals surface area contributed by atoms with Crippen LogP contribution in [0.4, 0.5) is 21.0 Å². The van der Waals surface area contributed by atoms with Gasteiger partial charge in [0.15, 0.2) is 0 Å². The van der Waals surface area contributed by atoms with Gasteiger partial charge in [-0.1, -0.05) is 49.7 Å². The van der Waals surface area contributed by atoms with E-state index in [0.29, 0.717) is 49.5 Å². The van der Waals surface area contributed by atoms with E-state index in [1.54, 1.807) is 30.2 Å². The number of nitrogens with one attached hydrogen (secondary N) is 2. The Morgan fingerprint density at radius 3 is 2.57 bits per heavy atom. The molecular weight excluding hydrogens is 494 g/mol. The summed E-state index contributed by atoms with van der Waals surface area (Å²) in [6.07, 6.45) is 3.68. The van der Waals surface area contributed by atoms with Crippen LogP contribution < -0.4 is 20.3 Å². The lowest BCUT2D eigenvalue weighted by Crippen LogP contribution is -2.35. The van der Waals surface area contributed by atoms with Crippen molar-refractivity contribution in [3.8, 4) is 5.75 Å². The van der Waals surface area contributed by atoms with Crippen LogP contribution in [-0.4, -0.2) is 42.1 Å². The van der Waals surface area contributed by atoms with E-state index in [1.165, 1.54) is 0 Å². The summed E-state index contributed by atoms with van der Waals surface area (Å²) in [6, 6.07) is 11.0. The first kappa shape index (κ1) is 26.5.